The number of hydrogen-bond acceptors (Lipinski definition) is 8. The minimum Gasteiger partial charge on any atom is -0.478 e. The van der Waals surface area contributed by atoms with Crippen LogP contribution in [0, 0.1) is 5.92 Å². The standard InChI is InChI=1S/C28H34N4O7/c1-28(2,3)39-27(37)32-14-12-31(13-15-32)23-10-8-21(17-29-23)38-20-7-9-22(26(35)36)19(16-20)5-4-18-6-11-24(33)30-25(18)34/h7-10,16-18H,4-6,11-15H2,1-3H3,(H,35,36)(H,30,33,34). The largest absolute Gasteiger partial charge is 0.478 e. The van der Waals surface area contributed by atoms with Crippen LogP contribution >= 0.6 is 0 Å². The molecule has 2 fully saturated rings. The Hall–Kier alpha value is -4.15. The molecule has 2 aromatic rings. The molecule has 4 rings (SSSR count). The zero-order valence-corrected chi connectivity index (χ0v) is 22.4. The fraction of sp³-hybridized carbons (Fsp3) is 0.464. The van der Waals surface area contributed by atoms with Crippen LogP contribution in [0.2, 0.25) is 0 Å². The number of benzene rings is 1. The lowest BCUT2D eigenvalue weighted by Gasteiger charge is -2.36. The topological polar surface area (TPSA) is 138 Å². The average molecular weight is 539 g/mol. The van der Waals surface area contributed by atoms with Crippen molar-refractivity contribution in [3.63, 3.8) is 0 Å². The minimum absolute atomic E-state index is 0.147. The smallest absolute Gasteiger partial charge is 0.410 e. The van der Waals surface area contributed by atoms with Gasteiger partial charge in [0.15, 0.2) is 0 Å². The number of carbonyl (C=O) groups is 4. The highest BCUT2D eigenvalue weighted by molar-refractivity contribution is 5.98. The lowest BCUT2D eigenvalue weighted by Crippen LogP contribution is -2.50. The number of imide groups is 1. The van der Waals surface area contributed by atoms with E-state index in [1.54, 1.807) is 29.3 Å². The molecule has 11 heteroatoms. The number of piperidine rings is 1. The zero-order chi connectivity index (χ0) is 28.2. The van der Waals surface area contributed by atoms with Crippen molar-refractivity contribution in [1.82, 2.24) is 15.2 Å². The van der Waals surface area contributed by atoms with Crippen LogP contribution in [0.25, 0.3) is 0 Å². The van der Waals surface area contributed by atoms with E-state index in [9.17, 15) is 24.3 Å². The van der Waals surface area contributed by atoms with Gasteiger partial charge in [-0.25, -0.2) is 14.6 Å². The summed E-state index contributed by atoms with van der Waals surface area (Å²) in [7, 11) is 0. The Labute approximate surface area is 227 Å². The summed E-state index contributed by atoms with van der Waals surface area (Å²) in [4.78, 5) is 55.8. The Morgan fingerprint density at radius 2 is 1.79 bits per heavy atom. The van der Waals surface area contributed by atoms with Crippen molar-refractivity contribution in [1.29, 1.82) is 0 Å². The molecular formula is C28H34N4O7. The van der Waals surface area contributed by atoms with Crippen molar-refractivity contribution in [3.05, 3.63) is 47.7 Å². The first-order valence-electron chi connectivity index (χ1n) is 13.1. The molecule has 39 heavy (non-hydrogen) atoms. The molecule has 2 saturated heterocycles. The predicted octanol–water partition coefficient (Wildman–Crippen LogP) is 3.61. The monoisotopic (exact) mass is 538 g/mol. The van der Waals surface area contributed by atoms with Gasteiger partial charge in [0.2, 0.25) is 11.8 Å². The van der Waals surface area contributed by atoms with E-state index >= 15 is 0 Å². The molecule has 1 aromatic carbocycles. The maximum Gasteiger partial charge on any atom is 0.410 e. The molecule has 0 radical (unpaired) electrons. The summed E-state index contributed by atoms with van der Waals surface area (Å²) in [5.74, 6) is -0.274. The van der Waals surface area contributed by atoms with Crippen LogP contribution in [0.1, 0.15) is 56.0 Å². The molecule has 0 aliphatic carbocycles. The lowest BCUT2D eigenvalue weighted by atomic mass is 9.90. The van der Waals surface area contributed by atoms with Gasteiger partial charge in [-0.15, -0.1) is 0 Å². The molecule has 1 aromatic heterocycles. The Kier molecular flexibility index (Phi) is 8.37. The second-order valence-electron chi connectivity index (χ2n) is 10.7. The second-order valence-corrected chi connectivity index (χ2v) is 10.7. The molecule has 11 nitrogen and oxygen atoms in total. The number of amides is 3. The van der Waals surface area contributed by atoms with Crippen LogP contribution in [0.5, 0.6) is 11.5 Å². The van der Waals surface area contributed by atoms with Gasteiger partial charge in [-0.05, 0) is 75.9 Å². The third kappa shape index (κ3) is 7.46. The number of aryl methyl sites for hydroxylation is 1. The fourth-order valence-electron chi connectivity index (χ4n) is 4.59. The third-order valence-electron chi connectivity index (χ3n) is 6.63. The van der Waals surface area contributed by atoms with E-state index in [1.807, 2.05) is 26.8 Å². The van der Waals surface area contributed by atoms with E-state index in [4.69, 9.17) is 9.47 Å². The van der Waals surface area contributed by atoms with Gasteiger partial charge in [0.25, 0.3) is 0 Å². The van der Waals surface area contributed by atoms with Crippen molar-refractivity contribution in [2.75, 3.05) is 31.1 Å². The van der Waals surface area contributed by atoms with Crippen LogP contribution in [-0.2, 0) is 20.7 Å². The van der Waals surface area contributed by atoms with E-state index < -0.39 is 11.6 Å². The number of hydrogen-bond donors (Lipinski definition) is 2. The number of rotatable bonds is 7. The first kappa shape index (κ1) is 27.9. The van der Waals surface area contributed by atoms with Gasteiger partial charge < -0.3 is 24.4 Å². The molecule has 2 aliphatic heterocycles. The number of carboxylic acid groups (broad SMARTS) is 1. The highest BCUT2D eigenvalue weighted by atomic mass is 16.6. The highest BCUT2D eigenvalue weighted by Crippen LogP contribution is 2.28. The normalized spacial score (nSPS) is 18.0. The summed E-state index contributed by atoms with van der Waals surface area (Å²) in [5, 5.41) is 12.0. The summed E-state index contributed by atoms with van der Waals surface area (Å²) < 4.78 is 11.4. The highest BCUT2D eigenvalue weighted by Gasteiger charge is 2.28. The van der Waals surface area contributed by atoms with Crippen LogP contribution in [0.15, 0.2) is 36.5 Å². The first-order valence-corrected chi connectivity index (χ1v) is 13.1. The van der Waals surface area contributed by atoms with Crippen molar-refractivity contribution in [2.45, 2.75) is 52.1 Å². The molecule has 0 saturated carbocycles. The number of pyridine rings is 1. The van der Waals surface area contributed by atoms with E-state index in [1.165, 1.54) is 6.07 Å². The summed E-state index contributed by atoms with van der Waals surface area (Å²) in [6.07, 6.45) is 2.82. The van der Waals surface area contributed by atoms with E-state index in [2.05, 4.69) is 15.2 Å². The lowest BCUT2D eigenvalue weighted by molar-refractivity contribution is -0.136. The van der Waals surface area contributed by atoms with Crippen LogP contribution in [0.3, 0.4) is 0 Å². The quantitative estimate of drug-likeness (QED) is 0.506. The number of ether oxygens (including phenoxy) is 2. The van der Waals surface area contributed by atoms with Gasteiger partial charge in [0.05, 0.1) is 11.8 Å². The molecule has 1 atom stereocenters. The fourth-order valence-corrected chi connectivity index (χ4v) is 4.59. The average Bonchev–Trinajstić information content (AvgIpc) is 2.88. The molecule has 208 valence electrons. The minimum atomic E-state index is -1.06. The Morgan fingerprint density at radius 3 is 2.41 bits per heavy atom. The van der Waals surface area contributed by atoms with E-state index in [-0.39, 0.29) is 35.8 Å². The molecular weight excluding hydrogens is 504 g/mol. The molecule has 3 heterocycles. The maximum absolute atomic E-state index is 12.3. The second kappa shape index (κ2) is 11.7. The number of piperazine rings is 1. The molecule has 2 N–H and O–H groups in total. The number of nitrogens with one attached hydrogen (secondary N) is 1. The third-order valence-corrected chi connectivity index (χ3v) is 6.63. The number of anilines is 1. The summed E-state index contributed by atoms with van der Waals surface area (Å²) in [6, 6.07) is 8.37. The molecule has 1 unspecified atom stereocenters. The van der Waals surface area contributed by atoms with Crippen molar-refractivity contribution in [3.8, 4) is 11.5 Å². The van der Waals surface area contributed by atoms with E-state index in [0.717, 1.165) is 5.82 Å². The van der Waals surface area contributed by atoms with Gasteiger partial charge >= 0.3 is 12.1 Å². The number of carboxylic acids is 1. The Morgan fingerprint density at radius 1 is 1.08 bits per heavy atom. The van der Waals surface area contributed by atoms with Gasteiger partial charge in [-0.1, -0.05) is 0 Å². The van der Waals surface area contributed by atoms with Gasteiger partial charge in [0.1, 0.15) is 22.9 Å². The molecule has 2 aliphatic rings. The van der Waals surface area contributed by atoms with Crippen molar-refractivity contribution >= 4 is 29.7 Å². The predicted molar refractivity (Wildman–Crippen MR) is 142 cm³/mol. The Balaban J connectivity index is 1.36. The first-order chi connectivity index (χ1) is 18.5. The Bertz CT molecular complexity index is 1230. The zero-order valence-electron chi connectivity index (χ0n) is 22.4. The van der Waals surface area contributed by atoms with Crippen LogP contribution in [0.4, 0.5) is 10.6 Å². The van der Waals surface area contributed by atoms with Gasteiger partial charge in [0, 0.05) is 38.5 Å². The van der Waals surface area contributed by atoms with Crippen LogP contribution in [-0.4, -0.2) is 70.6 Å². The number of nitrogens with zero attached hydrogens (tertiary/aromatic N) is 3. The number of aromatic nitrogens is 1. The number of carbonyl (C=O) groups excluding carboxylic acids is 3. The summed E-state index contributed by atoms with van der Waals surface area (Å²) >= 11 is 0. The SMILES string of the molecule is CC(C)(C)OC(=O)N1CCN(c2ccc(Oc3ccc(C(=O)O)c(CCC4CCC(=O)NC4=O)c3)cn2)CC1. The molecule has 0 spiro atoms. The molecule has 3 amide bonds. The van der Waals surface area contributed by atoms with Crippen LogP contribution < -0.4 is 15.0 Å². The molecule has 0 bridgehead atoms. The van der Waals surface area contributed by atoms with Gasteiger partial charge in [-0.3, -0.25) is 14.9 Å². The number of aromatic carboxylic acids is 1. The van der Waals surface area contributed by atoms with Crippen molar-refractivity contribution in [2.24, 2.45) is 5.92 Å². The summed E-state index contributed by atoms with van der Waals surface area (Å²) in [5.41, 5.74) is 0.166. The maximum atomic E-state index is 12.3. The van der Waals surface area contributed by atoms with E-state index in [0.29, 0.717) is 62.5 Å². The summed E-state index contributed by atoms with van der Waals surface area (Å²) in [6.45, 7) is 7.85. The van der Waals surface area contributed by atoms with Crippen molar-refractivity contribution < 1.29 is 33.8 Å². The van der Waals surface area contributed by atoms with Gasteiger partial charge in [-0.2, -0.15) is 0 Å².